The molecule has 0 amide bonds. The first kappa shape index (κ1) is 5.05. The summed E-state index contributed by atoms with van der Waals surface area (Å²) >= 11 is 0.424. The molecular weight excluding hydrogens is 147 g/mol. The van der Waals surface area contributed by atoms with Crippen LogP contribution in [0.1, 0.15) is 6.92 Å². The summed E-state index contributed by atoms with van der Waals surface area (Å²) in [6.07, 6.45) is 4.36. The zero-order valence-corrected chi connectivity index (χ0v) is 6.13. The van der Waals surface area contributed by atoms with E-state index in [-0.39, 0.29) is 0 Å². The summed E-state index contributed by atoms with van der Waals surface area (Å²) in [5, 5.41) is 0. The van der Waals surface area contributed by atoms with Crippen molar-refractivity contribution in [2.75, 3.05) is 0 Å². The Morgan fingerprint density at radius 3 is 2.71 bits per heavy atom. The molecule has 0 aromatic heterocycles. The van der Waals surface area contributed by atoms with Crippen LogP contribution in [-0.4, -0.2) is 20.1 Å². The van der Waals surface area contributed by atoms with E-state index >= 15 is 0 Å². The van der Waals surface area contributed by atoms with E-state index in [0.29, 0.717) is 15.3 Å². The van der Waals surface area contributed by atoms with Crippen LogP contribution in [0.3, 0.4) is 0 Å². The van der Waals surface area contributed by atoms with Gasteiger partial charge in [-0.05, 0) is 0 Å². The van der Waals surface area contributed by atoms with Gasteiger partial charge >= 0.3 is 49.6 Å². The predicted octanol–water partition coefficient (Wildman–Crippen LogP) is 0.966. The van der Waals surface area contributed by atoms with Crippen molar-refractivity contribution in [2.45, 2.75) is 6.92 Å². The summed E-state index contributed by atoms with van der Waals surface area (Å²) in [5.41, 5.74) is 1.38. The molecule has 1 rings (SSSR count). The third kappa shape index (κ3) is 1.44. The molecule has 0 saturated heterocycles. The summed E-state index contributed by atoms with van der Waals surface area (Å²) in [7, 11) is 0. The molecule has 0 bridgehead atoms. The fourth-order valence-corrected chi connectivity index (χ4v) is 1.98. The second kappa shape index (κ2) is 2.28. The van der Waals surface area contributed by atoms with Crippen LogP contribution in [0, 0.1) is 0 Å². The molecule has 0 atom stereocenters. The monoisotopic (exact) mass is 154 g/mol. The van der Waals surface area contributed by atoms with Gasteiger partial charge in [0.05, 0.1) is 0 Å². The van der Waals surface area contributed by atoms with Crippen LogP contribution >= 0.6 is 0 Å². The Labute approximate surface area is 50.1 Å². The Bertz CT molecular complexity index is 140. The average molecular weight is 154 g/mol. The summed E-state index contributed by atoms with van der Waals surface area (Å²) < 4.78 is 0. The van der Waals surface area contributed by atoms with Crippen molar-refractivity contribution in [3.8, 4) is 0 Å². The Morgan fingerprint density at radius 1 is 1.57 bits per heavy atom. The van der Waals surface area contributed by atoms with Gasteiger partial charge in [-0.15, -0.1) is 0 Å². The van der Waals surface area contributed by atoms with Gasteiger partial charge < -0.3 is 0 Å². The topological polar surface area (TPSA) is 0 Å². The van der Waals surface area contributed by atoms with Crippen molar-refractivity contribution in [1.29, 1.82) is 0 Å². The van der Waals surface area contributed by atoms with Crippen LogP contribution in [0.5, 0.6) is 0 Å². The molecule has 1 aliphatic rings. The van der Waals surface area contributed by atoms with E-state index in [4.69, 9.17) is 0 Å². The molecule has 0 nitrogen and oxygen atoms in total. The molecule has 0 unspecified atom stereocenters. The fourth-order valence-electron chi connectivity index (χ4n) is 0.426. The molecule has 0 aromatic rings. The van der Waals surface area contributed by atoms with Gasteiger partial charge in [0, 0.05) is 0 Å². The van der Waals surface area contributed by atoms with Crippen LogP contribution in [0.15, 0.2) is 22.6 Å². The minimum absolute atomic E-state index is 0.424. The van der Waals surface area contributed by atoms with Crippen molar-refractivity contribution in [3.05, 3.63) is 22.6 Å². The van der Waals surface area contributed by atoms with E-state index in [1.165, 1.54) is 5.57 Å². The summed E-state index contributed by atoms with van der Waals surface area (Å²) in [6, 6.07) is 0. The Morgan fingerprint density at radius 2 is 2.43 bits per heavy atom. The third-order valence-electron chi connectivity index (χ3n) is 0.847. The van der Waals surface area contributed by atoms with E-state index in [9.17, 15) is 0 Å². The molecule has 0 aromatic carbocycles. The summed E-state index contributed by atoms with van der Waals surface area (Å²) in [4.78, 5) is 4.51. The van der Waals surface area contributed by atoms with Gasteiger partial charge in [-0.1, -0.05) is 0 Å². The van der Waals surface area contributed by atoms with Crippen LogP contribution in [-0.2, 0) is 0 Å². The van der Waals surface area contributed by atoms with Crippen LogP contribution < -0.4 is 0 Å². The van der Waals surface area contributed by atoms with Crippen LogP contribution in [0.2, 0.25) is 0 Å². The first-order valence-electron chi connectivity index (χ1n) is 2.26. The van der Waals surface area contributed by atoms with Crippen molar-refractivity contribution < 1.29 is 0 Å². The molecule has 36 valence electrons. The van der Waals surface area contributed by atoms with Gasteiger partial charge in [-0.25, -0.2) is 0 Å². The molecule has 1 heterocycles. The molecule has 1 heteroatoms. The summed E-state index contributed by atoms with van der Waals surface area (Å²) in [6.45, 7) is 2.12. The number of hydrogen-bond acceptors (Lipinski definition) is 0. The first-order chi connectivity index (χ1) is 3.39. The molecular formula is C6H7As. The molecule has 0 saturated carbocycles. The second-order valence-corrected chi connectivity index (χ2v) is 3.40. The predicted molar refractivity (Wildman–Crippen MR) is 34.7 cm³/mol. The Kier molecular flexibility index (Phi) is 1.64. The second-order valence-electron chi connectivity index (χ2n) is 1.52. The van der Waals surface area contributed by atoms with Crippen LogP contribution in [0.25, 0.3) is 0 Å². The van der Waals surface area contributed by atoms with Crippen molar-refractivity contribution in [3.63, 3.8) is 0 Å². The minimum atomic E-state index is 0.424. The maximum atomic E-state index is 2.26. The van der Waals surface area contributed by atoms with Gasteiger partial charge in [0.15, 0.2) is 0 Å². The molecule has 1 aliphatic heterocycles. The van der Waals surface area contributed by atoms with Crippen LogP contribution in [0.4, 0.5) is 0 Å². The molecule has 0 radical (unpaired) electrons. The number of rotatable bonds is 0. The standard InChI is InChI=1S/C6H7As/c1-6-2-4-7-5-3-6/h2-5H,1H3. The zero-order chi connectivity index (χ0) is 5.11. The maximum absolute atomic E-state index is 2.26. The average Bonchev–Trinajstić information content (AvgIpc) is 1.69. The summed E-state index contributed by atoms with van der Waals surface area (Å²) in [5.74, 6) is 0. The molecule has 0 spiro atoms. The SMILES string of the molecule is CC1=CC=[As]C=C1. The van der Waals surface area contributed by atoms with Gasteiger partial charge in [0.2, 0.25) is 0 Å². The Hall–Kier alpha value is -0.0916. The first-order valence-corrected chi connectivity index (χ1v) is 4.43. The van der Waals surface area contributed by atoms with Crippen molar-refractivity contribution >= 4 is 20.1 Å². The molecule has 7 heavy (non-hydrogen) atoms. The van der Waals surface area contributed by atoms with E-state index in [0.717, 1.165) is 0 Å². The van der Waals surface area contributed by atoms with E-state index in [2.05, 4.69) is 28.7 Å². The van der Waals surface area contributed by atoms with Crippen molar-refractivity contribution in [1.82, 2.24) is 0 Å². The van der Waals surface area contributed by atoms with E-state index in [1.54, 1.807) is 0 Å². The van der Waals surface area contributed by atoms with E-state index < -0.39 is 0 Å². The number of hydrogen-bond donors (Lipinski definition) is 0. The third-order valence-corrected chi connectivity index (χ3v) is 2.19. The normalized spacial score (nSPS) is 19.3. The molecule has 0 aliphatic carbocycles. The van der Waals surface area contributed by atoms with Gasteiger partial charge in [-0.2, -0.15) is 0 Å². The van der Waals surface area contributed by atoms with E-state index in [1.807, 2.05) is 0 Å². The fraction of sp³-hybridized carbons (Fsp3) is 0.167. The number of allylic oxidation sites excluding steroid dienone is 3. The zero-order valence-electron chi connectivity index (χ0n) is 4.26. The molecule has 0 N–H and O–H groups in total. The van der Waals surface area contributed by atoms with Gasteiger partial charge in [-0.3, -0.25) is 0 Å². The van der Waals surface area contributed by atoms with Crippen molar-refractivity contribution in [2.24, 2.45) is 0 Å². The van der Waals surface area contributed by atoms with Gasteiger partial charge in [0.1, 0.15) is 0 Å². The molecule has 0 fully saturated rings. The Balaban J connectivity index is 2.82. The van der Waals surface area contributed by atoms with Gasteiger partial charge in [0.25, 0.3) is 0 Å². The quantitative estimate of drug-likeness (QED) is 0.456.